The summed E-state index contributed by atoms with van der Waals surface area (Å²) >= 11 is 0. The molecule has 0 atom stereocenters. The van der Waals surface area contributed by atoms with Crippen LogP contribution in [0.5, 0.6) is 0 Å². The van der Waals surface area contributed by atoms with Crippen molar-refractivity contribution in [2.75, 3.05) is 0 Å². The van der Waals surface area contributed by atoms with Crippen LogP contribution in [-0.2, 0) is 5.41 Å². The number of hydrogen-bond donors (Lipinski definition) is 0. The van der Waals surface area contributed by atoms with Crippen LogP contribution in [0.15, 0.2) is 182 Å². The molecule has 1 saturated carbocycles. The van der Waals surface area contributed by atoms with E-state index in [9.17, 15) is 0 Å². The summed E-state index contributed by atoms with van der Waals surface area (Å²) < 4.78 is 0. The molecule has 1 spiro atoms. The van der Waals surface area contributed by atoms with Crippen LogP contribution < -0.4 is 5.19 Å². The molecule has 3 nitrogen and oxygen atoms in total. The number of fused-ring (bicyclic) bond motifs is 6. The average molecular weight is 858 g/mol. The van der Waals surface area contributed by atoms with E-state index >= 15 is 0 Å². The Bertz CT molecular complexity index is 3230. The number of aromatic nitrogens is 3. The van der Waals surface area contributed by atoms with Crippen LogP contribution >= 0.6 is 0 Å². The van der Waals surface area contributed by atoms with Crippen LogP contribution in [0.3, 0.4) is 0 Å². The maximum Gasteiger partial charge on any atom is 0.164 e. The van der Waals surface area contributed by atoms with Crippen molar-refractivity contribution in [3.63, 3.8) is 0 Å². The second-order valence-electron chi connectivity index (χ2n) is 19.9. The fourth-order valence-corrected chi connectivity index (χ4v) is 12.5. The topological polar surface area (TPSA) is 38.7 Å². The van der Waals surface area contributed by atoms with E-state index < -0.39 is 8.07 Å². The molecular weight excluding hydrogens is 803 g/mol. The summed E-state index contributed by atoms with van der Waals surface area (Å²) in [5, 5.41) is 3.98. The average Bonchev–Trinajstić information content (AvgIpc) is 3.61. The van der Waals surface area contributed by atoms with Crippen LogP contribution in [0.2, 0.25) is 18.1 Å². The molecule has 2 aliphatic carbocycles. The lowest BCUT2D eigenvalue weighted by atomic mass is 9.67. The van der Waals surface area contributed by atoms with Crippen molar-refractivity contribution < 1.29 is 0 Å². The smallest absolute Gasteiger partial charge is 0.164 e. The van der Waals surface area contributed by atoms with Gasteiger partial charge in [0.15, 0.2) is 17.5 Å². The summed E-state index contributed by atoms with van der Waals surface area (Å²) in [6.07, 6.45) is 6.30. The number of hydrogen-bond acceptors (Lipinski definition) is 3. The van der Waals surface area contributed by atoms with E-state index in [4.69, 9.17) is 15.0 Å². The molecule has 1 fully saturated rings. The molecule has 2 aliphatic rings. The zero-order valence-corrected chi connectivity index (χ0v) is 39.2. The predicted molar refractivity (Wildman–Crippen MR) is 276 cm³/mol. The minimum Gasteiger partial charge on any atom is -0.208 e. The third-order valence-corrected chi connectivity index (χ3v) is 20.8. The zero-order chi connectivity index (χ0) is 44.3. The maximum atomic E-state index is 5.34. The van der Waals surface area contributed by atoms with Gasteiger partial charge in [0.1, 0.15) is 0 Å². The van der Waals surface area contributed by atoms with E-state index in [-0.39, 0.29) is 10.5 Å². The van der Waals surface area contributed by atoms with E-state index in [0.717, 1.165) is 33.2 Å². The highest BCUT2D eigenvalue weighted by atomic mass is 28.3. The third kappa shape index (κ3) is 7.16. The van der Waals surface area contributed by atoms with Crippen molar-refractivity contribution >= 4 is 24.0 Å². The van der Waals surface area contributed by atoms with Gasteiger partial charge in [0.2, 0.25) is 0 Å². The van der Waals surface area contributed by atoms with Gasteiger partial charge in [0, 0.05) is 22.1 Å². The lowest BCUT2D eigenvalue weighted by Gasteiger charge is -2.37. The normalized spacial score (nSPS) is 14.4. The lowest BCUT2D eigenvalue weighted by Crippen LogP contribution is -2.49. The Balaban J connectivity index is 1.03. The molecule has 9 aromatic rings. The number of benzene rings is 8. The van der Waals surface area contributed by atoms with E-state index in [1.54, 1.807) is 0 Å². The van der Waals surface area contributed by atoms with Gasteiger partial charge in [-0.1, -0.05) is 222 Å². The predicted octanol–water partition coefficient (Wildman–Crippen LogP) is 16.0. The molecule has 0 saturated heterocycles. The molecule has 0 bridgehead atoms. The highest BCUT2D eigenvalue weighted by Gasteiger charge is 2.43. The first-order valence-electron chi connectivity index (χ1n) is 23.5. The van der Waals surface area contributed by atoms with Gasteiger partial charge in [-0.25, -0.2) is 15.0 Å². The fourth-order valence-electron chi connectivity index (χ4n) is 10.6. The van der Waals surface area contributed by atoms with Crippen molar-refractivity contribution in [3.05, 3.63) is 193 Å². The van der Waals surface area contributed by atoms with Gasteiger partial charge in [-0.05, 0) is 102 Å². The van der Waals surface area contributed by atoms with Crippen molar-refractivity contribution in [2.24, 2.45) is 0 Å². The molecule has 0 N–H and O–H groups in total. The van der Waals surface area contributed by atoms with Crippen LogP contribution in [0, 0.1) is 0 Å². The first kappa shape index (κ1) is 41.0. The Labute approximate surface area is 385 Å². The Kier molecular flexibility index (Phi) is 10.1. The van der Waals surface area contributed by atoms with Gasteiger partial charge in [-0.3, -0.25) is 0 Å². The molecule has 0 radical (unpaired) electrons. The van der Waals surface area contributed by atoms with Crippen molar-refractivity contribution in [1.82, 2.24) is 15.0 Å². The maximum absolute atomic E-state index is 5.34. The van der Waals surface area contributed by atoms with Crippen molar-refractivity contribution in [1.29, 1.82) is 0 Å². The third-order valence-electron chi connectivity index (χ3n) is 15.3. The standard InChI is InChI=1S/C61H55N3Si/c1-60(2,3)65(4,5)48-32-29-44(30-33-48)57-62-58(47-20-16-19-45(39-47)43-27-25-42(26-28-43)41-17-8-6-9-18-41)64-59(63-57)54-36-35-49(50-21-10-11-22-51(50)54)46-31-34-53-52-23-12-13-24-55(52)61(56(53)40-46)37-14-7-15-38-61/h6,8-13,16-36,39-40H,7,14-15,37-38H2,1-5H3. The Morgan fingerprint density at radius 1 is 0.385 bits per heavy atom. The monoisotopic (exact) mass is 857 g/mol. The van der Waals surface area contributed by atoms with E-state index in [1.807, 2.05) is 0 Å². The summed E-state index contributed by atoms with van der Waals surface area (Å²) in [6, 6.07) is 66.8. The molecule has 1 aromatic heterocycles. The molecule has 11 rings (SSSR count). The van der Waals surface area contributed by atoms with Gasteiger partial charge in [0.25, 0.3) is 0 Å². The van der Waals surface area contributed by atoms with E-state index in [1.165, 1.54) is 87.2 Å². The van der Waals surface area contributed by atoms with Crippen LogP contribution in [0.1, 0.15) is 64.0 Å². The van der Waals surface area contributed by atoms with Crippen molar-refractivity contribution in [3.8, 4) is 78.7 Å². The second-order valence-corrected chi connectivity index (χ2v) is 25.3. The van der Waals surface area contributed by atoms with Gasteiger partial charge in [-0.15, -0.1) is 0 Å². The zero-order valence-electron chi connectivity index (χ0n) is 38.2. The molecule has 0 unspecified atom stereocenters. The summed E-state index contributed by atoms with van der Waals surface area (Å²) in [4.78, 5) is 15.9. The molecule has 1 heterocycles. The SMILES string of the molecule is CC(C)(C)[Si](C)(C)c1ccc(-c2nc(-c3cccc(-c4ccc(-c5ccccc5)cc4)c3)nc(-c3ccc(-c4ccc5c(c4)C4(CCCCC4)c4ccccc4-5)c4ccccc34)n2)cc1. The highest BCUT2D eigenvalue weighted by Crippen LogP contribution is 2.56. The molecule has 8 aromatic carbocycles. The molecule has 4 heteroatoms. The van der Waals surface area contributed by atoms with Crippen LogP contribution in [0.25, 0.3) is 89.4 Å². The summed E-state index contributed by atoms with van der Waals surface area (Å²) in [5.41, 5.74) is 16.0. The Hall–Kier alpha value is -6.75. The Morgan fingerprint density at radius 2 is 0.892 bits per heavy atom. The summed E-state index contributed by atoms with van der Waals surface area (Å²) in [7, 11) is -1.74. The van der Waals surface area contributed by atoms with Gasteiger partial charge in [-0.2, -0.15) is 0 Å². The quantitative estimate of drug-likeness (QED) is 0.150. The molecule has 0 amide bonds. The van der Waals surface area contributed by atoms with E-state index in [2.05, 4.69) is 216 Å². The minimum atomic E-state index is -1.74. The lowest BCUT2D eigenvalue weighted by molar-refractivity contribution is 0.353. The fraction of sp³-hybridized carbons (Fsp3) is 0.197. The highest BCUT2D eigenvalue weighted by molar-refractivity contribution is 6.92. The second kappa shape index (κ2) is 16.0. The molecular formula is C61H55N3Si. The van der Waals surface area contributed by atoms with E-state index in [0.29, 0.717) is 17.5 Å². The number of rotatable bonds is 7. The Morgan fingerprint density at radius 3 is 1.62 bits per heavy atom. The van der Waals surface area contributed by atoms with Crippen LogP contribution in [-0.4, -0.2) is 23.0 Å². The van der Waals surface area contributed by atoms with Crippen LogP contribution in [0.4, 0.5) is 0 Å². The first-order chi connectivity index (χ1) is 31.6. The summed E-state index contributed by atoms with van der Waals surface area (Å²) in [6.45, 7) is 12.0. The minimum absolute atomic E-state index is 0.0966. The van der Waals surface area contributed by atoms with Gasteiger partial charge < -0.3 is 0 Å². The van der Waals surface area contributed by atoms with Gasteiger partial charge >= 0.3 is 0 Å². The number of nitrogens with zero attached hydrogens (tertiary/aromatic N) is 3. The molecule has 65 heavy (non-hydrogen) atoms. The summed E-state index contributed by atoms with van der Waals surface area (Å²) in [5.74, 6) is 2.00. The largest absolute Gasteiger partial charge is 0.208 e. The molecule has 318 valence electrons. The van der Waals surface area contributed by atoms with Crippen molar-refractivity contribution in [2.45, 2.75) is 76.4 Å². The molecule has 0 aliphatic heterocycles. The first-order valence-corrected chi connectivity index (χ1v) is 26.5. The van der Waals surface area contributed by atoms with Gasteiger partial charge in [0.05, 0.1) is 8.07 Å².